The van der Waals surface area contributed by atoms with Crippen LogP contribution in [0.5, 0.6) is 0 Å². The van der Waals surface area contributed by atoms with Crippen LogP contribution in [0, 0.1) is 0 Å². The number of carbonyl (C=O) groups is 2. The van der Waals surface area contributed by atoms with E-state index in [9.17, 15) is 9.59 Å². The Hall–Kier alpha value is -2.96. The summed E-state index contributed by atoms with van der Waals surface area (Å²) in [4.78, 5) is 32.5. The third-order valence-corrected chi connectivity index (χ3v) is 6.56. The zero-order chi connectivity index (χ0) is 22.2. The van der Waals surface area contributed by atoms with Crippen LogP contribution in [-0.4, -0.2) is 27.8 Å². The van der Waals surface area contributed by atoms with Crippen molar-refractivity contribution in [2.75, 3.05) is 11.4 Å². The molecule has 1 atom stereocenters. The fourth-order valence-corrected chi connectivity index (χ4v) is 4.58. The number of rotatable bonds is 5. The number of amides is 1. The lowest BCUT2D eigenvalue weighted by molar-refractivity contribution is -0.117. The summed E-state index contributed by atoms with van der Waals surface area (Å²) in [5.74, 6) is 0.693. The molecule has 0 bridgehead atoms. The standard InChI is InChI=1S/C25H19BrClN3O2/c26-18-7-11-20(12-8-18)29-14-17(13-24(29)32)25-28-21-3-1-2-4-22(21)30(25)15-23(31)16-5-9-19(27)10-6-16/h1-12,17H,13-15H2. The number of ketones is 1. The third kappa shape index (κ3) is 3.96. The number of aromatic nitrogens is 2. The number of nitrogens with zero attached hydrogens (tertiary/aromatic N) is 3. The number of hydrogen-bond acceptors (Lipinski definition) is 3. The number of Topliss-reactive ketones (excluding diaryl/α,β-unsaturated/α-hetero) is 1. The highest BCUT2D eigenvalue weighted by atomic mass is 79.9. The van der Waals surface area contributed by atoms with Crippen LogP contribution in [0.4, 0.5) is 5.69 Å². The molecular weight excluding hydrogens is 490 g/mol. The van der Waals surface area contributed by atoms with E-state index in [4.69, 9.17) is 16.6 Å². The monoisotopic (exact) mass is 507 g/mol. The maximum atomic E-state index is 13.0. The van der Waals surface area contributed by atoms with Gasteiger partial charge in [0, 0.05) is 39.6 Å². The lowest BCUT2D eigenvalue weighted by Gasteiger charge is -2.17. The molecule has 2 heterocycles. The Labute approximate surface area is 198 Å². The van der Waals surface area contributed by atoms with Crippen LogP contribution in [0.1, 0.15) is 28.5 Å². The molecule has 7 heteroatoms. The van der Waals surface area contributed by atoms with Crippen LogP contribution in [-0.2, 0) is 11.3 Å². The largest absolute Gasteiger partial charge is 0.320 e. The Morgan fingerprint density at radius 2 is 1.75 bits per heavy atom. The number of carbonyl (C=O) groups excluding carboxylic acids is 2. The number of imidazole rings is 1. The SMILES string of the molecule is O=C(Cn1c(C2CC(=O)N(c3ccc(Br)cc3)C2)nc2ccccc21)c1ccc(Cl)cc1. The fourth-order valence-electron chi connectivity index (χ4n) is 4.19. The summed E-state index contributed by atoms with van der Waals surface area (Å²) in [6, 6.07) is 22.4. The van der Waals surface area contributed by atoms with E-state index in [0.29, 0.717) is 23.6 Å². The van der Waals surface area contributed by atoms with Gasteiger partial charge in [-0.1, -0.05) is 39.7 Å². The minimum absolute atomic E-state index is 0.0276. The first kappa shape index (κ1) is 20.9. The molecule has 1 fully saturated rings. The number of fused-ring (bicyclic) bond motifs is 1. The minimum atomic E-state index is -0.100. The third-order valence-electron chi connectivity index (χ3n) is 5.78. The van der Waals surface area contributed by atoms with Crippen LogP contribution in [0.25, 0.3) is 11.0 Å². The van der Waals surface area contributed by atoms with Gasteiger partial charge in [-0.05, 0) is 60.7 Å². The quantitative estimate of drug-likeness (QED) is 0.318. The van der Waals surface area contributed by atoms with E-state index in [1.165, 1.54) is 0 Å². The van der Waals surface area contributed by atoms with Crippen molar-refractivity contribution in [3.63, 3.8) is 0 Å². The van der Waals surface area contributed by atoms with Crippen LogP contribution in [0.2, 0.25) is 5.02 Å². The van der Waals surface area contributed by atoms with E-state index in [1.807, 2.05) is 53.1 Å². The molecule has 1 amide bonds. The van der Waals surface area contributed by atoms with Crippen molar-refractivity contribution in [2.24, 2.45) is 0 Å². The van der Waals surface area contributed by atoms with Crippen LogP contribution >= 0.6 is 27.5 Å². The molecule has 5 nitrogen and oxygen atoms in total. The van der Waals surface area contributed by atoms with E-state index in [2.05, 4.69) is 15.9 Å². The summed E-state index contributed by atoms with van der Waals surface area (Å²) in [5.41, 5.74) is 3.16. The molecule has 5 rings (SSSR count). The summed E-state index contributed by atoms with van der Waals surface area (Å²) in [6.07, 6.45) is 0.356. The van der Waals surface area contributed by atoms with Gasteiger partial charge in [-0.3, -0.25) is 9.59 Å². The van der Waals surface area contributed by atoms with Gasteiger partial charge in [0.15, 0.2) is 5.78 Å². The lowest BCUT2D eigenvalue weighted by Crippen LogP contribution is -2.24. The lowest BCUT2D eigenvalue weighted by atomic mass is 10.1. The molecule has 0 radical (unpaired) electrons. The summed E-state index contributed by atoms with van der Waals surface area (Å²) in [5, 5.41) is 0.591. The van der Waals surface area contributed by atoms with Gasteiger partial charge in [0.1, 0.15) is 5.82 Å². The molecule has 0 aliphatic carbocycles. The van der Waals surface area contributed by atoms with Gasteiger partial charge in [0.2, 0.25) is 5.91 Å². The second-order valence-electron chi connectivity index (χ2n) is 7.86. The fraction of sp³-hybridized carbons (Fsp3) is 0.160. The Morgan fingerprint density at radius 3 is 2.50 bits per heavy atom. The average Bonchev–Trinajstić information content (AvgIpc) is 3.35. The maximum absolute atomic E-state index is 13.0. The predicted molar refractivity (Wildman–Crippen MR) is 129 cm³/mol. The highest BCUT2D eigenvalue weighted by molar-refractivity contribution is 9.10. The first-order chi connectivity index (χ1) is 15.5. The first-order valence-corrected chi connectivity index (χ1v) is 11.5. The molecule has 0 saturated carbocycles. The molecule has 160 valence electrons. The topological polar surface area (TPSA) is 55.2 Å². The maximum Gasteiger partial charge on any atom is 0.227 e. The minimum Gasteiger partial charge on any atom is -0.320 e. The number of para-hydroxylation sites is 2. The van der Waals surface area contributed by atoms with Gasteiger partial charge in [0.25, 0.3) is 0 Å². The van der Waals surface area contributed by atoms with Gasteiger partial charge in [-0.15, -0.1) is 0 Å². The van der Waals surface area contributed by atoms with Gasteiger partial charge in [-0.25, -0.2) is 4.98 Å². The van der Waals surface area contributed by atoms with Crippen molar-refractivity contribution in [1.82, 2.24) is 9.55 Å². The predicted octanol–water partition coefficient (Wildman–Crippen LogP) is 5.86. The van der Waals surface area contributed by atoms with Crippen molar-refractivity contribution in [3.8, 4) is 0 Å². The van der Waals surface area contributed by atoms with Gasteiger partial charge >= 0.3 is 0 Å². The van der Waals surface area contributed by atoms with E-state index >= 15 is 0 Å². The van der Waals surface area contributed by atoms with Crippen LogP contribution in [0.3, 0.4) is 0 Å². The Balaban J connectivity index is 1.49. The highest BCUT2D eigenvalue weighted by Crippen LogP contribution is 2.33. The van der Waals surface area contributed by atoms with E-state index in [1.54, 1.807) is 29.2 Å². The molecular formula is C25H19BrClN3O2. The van der Waals surface area contributed by atoms with Gasteiger partial charge in [0.05, 0.1) is 17.6 Å². The van der Waals surface area contributed by atoms with Crippen LogP contribution in [0.15, 0.2) is 77.3 Å². The molecule has 32 heavy (non-hydrogen) atoms. The summed E-state index contributed by atoms with van der Waals surface area (Å²) < 4.78 is 2.92. The second-order valence-corrected chi connectivity index (χ2v) is 9.21. The van der Waals surface area contributed by atoms with Crippen molar-refractivity contribution in [1.29, 1.82) is 0 Å². The summed E-state index contributed by atoms with van der Waals surface area (Å²) in [6.45, 7) is 0.680. The normalized spacial score (nSPS) is 16.1. The van der Waals surface area contributed by atoms with Crippen molar-refractivity contribution in [3.05, 3.63) is 93.7 Å². The summed E-state index contributed by atoms with van der Waals surface area (Å²) in [7, 11) is 0. The Kier molecular flexibility index (Phi) is 5.57. The van der Waals surface area contributed by atoms with E-state index in [-0.39, 0.29) is 24.2 Å². The highest BCUT2D eigenvalue weighted by Gasteiger charge is 2.35. The molecule has 1 unspecified atom stereocenters. The Bertz CT molecular complexity index is 1320. The molecule has 1 aromatic heterocycles. The zero-order valence-corrected chi connectivity index (χ0v) is 19.4. The average molecular weight is 509 g/mol. The van der Waals surface area contributed by atoms with E-state index in [0.717, 1.165) is 27.0 Å². The molecule has 4 aromatic rings. The number of halogens is 2. The molecule has 0 N–H and O–H groups in total. The second kappa shape index (κ2) is 8.52. The molecule has 1 aliphatic rings. The van der Waals surface area contributed by atoms with Crippen LogP contribution < -0.4 is 4.90 Å². The molecule has 3 aromatic carbocycles. The molecule has 1 aliphatic heterocycles. The molecule has 0 spiro atoms. The number of anilines is 1. The number of benzene rings is 3. The first-order valence-electron chi connectivity index (χ1n) is 10.3. The van der Waals surface area contributed by atoms with Crippen molar-refractivity contribution in [2.45, 2.75) is 18.9 Å². The Morgan fingerprint density at radius 1 is 1.03 bits per heavy atom. The smallest absolute Gasteiger partial charge is 0.227 e. The molecule has 1 saturated heterocycles. The summed E-state index contributed by atoms with van der Waals surface area (Å²) >= 11 is 9.41. The van der Waals surface area contributed by atoms with Crippen molar-refractivity contribution >= 4 is 55.9 Å². The van der Waals surface area contributed by atoms with Gasteiger partial charge in [-0.2, -0.15) is 0 Å². The zero-order valence-electron chi connectivity index (χ0n) is 17.0. The van der Waals surface area contributed by atoms with Gasteiger partial charge < -0.3 is 9.47 Å². The van der Waals surface area contributed by atoms with Crippen molar-refractivity contribution < 1.29 is 9.59 Å². The number of hydrogen-bond donors (Lipinski definition) is 0. The van der Waals surface area contributed by atoms with E-state index < -0.39 is 0 Å².